The summed E-state index contributed by atoms with van der Waals surface area (Å²) in [6.07, 6.45) is 3.24. The van der Waals surface area contributed by atoms with E-state index in [9.17, 15) is 9.59 Å². The van der Waals surface area contributed by atoms with Gasteiger partial charge in [-0.15, -0.1) is 10.2 Å². The van der Waals surface area contributed by atoms with Crippen LogP contribution in [-0.2, 0) is 22.5 Å². The summed E-state index contributed by atoms with van der Waals surface area (Å²) in [4.78, 5) is 24.5. The Labute approximate surface area is 200 Å². The van der Waals surface area contributed by atoms with Crippen molar-refractivity contribution in [2.75, 3.05) is 17.7 Å². The SMILES string of the molecule is O=C1CCc2cc(C(=O)CSc3nnc(-c4ccc(Cl)cc4)n3CC3CCCO3)ccc2N1. The summed E-state index contributed by atoms with van der Waals surface area (Å²) in [6, 6.07) is 13.0. The van der Waals surface area contributed by atoms with E-state index in [0.717, 1.165) is 42.1 Å². The molecule has 0 spiro atoms. The molecule has 1 fully saturated rings. The van der Waals surface area contributed by atoms with Crippen LogP contribution in [0.4, 0.5) is 5.69 Å². The minimum absolute atomic E-state index is 0.0132. The summed E-state index contributed by atoms with van der Waals surface area (Å²) < 4.78 is 7.88. The molecule has 0 aliphatic carbocycles. The number of carbonyl (C=O) groups excluding carboxylic acids is 2. The van der Waals surface area contributed by atoms with Crippen molar-refractivity contribution in [3.8, 4) is 11.4 Å². The van der Waals surface area contributed by atoms with Gasteiger partial charge in [0.15, 0.2) is 16.8 Å². The van der Waals surface area contributed by atoms with Gasteiger partial charge < -0.3 is 10.1 Å². The number of fused-ring (bicyclic) bond motifs is 1. The van der Waals surface area contributed by atoms with Gasteiger partial charge in [-0.3, -0.25) is 14.2 Å². The van der Waals surface area contributed by atoms with Gasteiger partial charge >= 0.3 is 0 Å². The van der Waals surface area contributed by atoms with Gasteiger partial charge in [-0.2, -0.15) is 0 Å². The molecule has 1 aromatic heterocycles. The van der Waals surface area contributed by atoms with E-state index in [2.05, 4.69) is 15.5 Å². The Morgan fingerprint density at radius 2 is 2.03 bits per heavy atom. The standard InChI is InChI=1S/C24H23ClN4O3S/c25-18-7-3-15(4-8-18)23-27-28-24(29(23)13-19-2-1-11-32-19)33-14-21(30)17-5-9-20-16(12-17)6-10-22(31)26-20/h3-5,7-9,12,19H,1-2,6,10-11,13-14H2,(H,26,31). The number of aryl methyl sites for hydroxylation is 1. The van der Waals surface area contributed by atoms with E-state index in [1.165, 1.54) is 11.8 Å². The molecule has 1 atom stereocenters. The molecule has 3 aromatic rings. The fourth-order valence-corrected chi connectivity index (χ4v) is 5.10. The van der Waals surface area contributed by atoms with Gasteiger partial charge in [0.1, 0.15) is 0 Å². The molecule has 7 nitrogen and oxygen atoms in total. The molecule has 0 bridgehead atoms. The van der Waals surface area contributed by atoms with Crippen molar-refractivity contribution in [1.29, 1.82) is 0 Å². The number of anilines is 1. The normalized spacial score (nSPS) is 17.6. The van der Waals surface area contributed by atoms with E-state index in [1.54, 1.807) is 6.07 Å². The predicted octanol–water partition coefficient (Wildman–Crippen LogP) is 4.64. The fourth-order valence-electron chi connectivity index (χ4n) is 4.13. The zero-order valence-electron chi connectivity index (χ0n) is 17.9. The average molecular weight is 483 g/mol. The summed E-state index contributed by atoms with van der Waals surface area (Å²) in [5, 5.41) is 13.0. The number of thioether (sulfide) groups is 1. The van der Waals surface area contributed by atoms with E-state index >= 15 is 0 Å². The van der Waals surface area contributed by atoms with E-state index in [0.29, 0.717) is 35.1 Å². The molecule has 170 valence electrons. The summed E-state index contributed by atoms with van der Waals surface area (Å²) >= 11 is 7.43. The van der Waals surface area contributed by atoms with Gasteiger partial charge in [0.05, 0.1) is 18.4 Å². The van der Waals surface area contributed by atoms with Crippen molar-refractivity contribution < 1.29 is 14.3 Å². The molecule has 5 rings (SSSR count). The van der Waals surface area contributed by atoms with Crippen molar-refractivity contribution in [2.24, 2.45) is 0 Å². The number of nitrogens with zero attached hydrogens (tertiary/aromatic N) is 3. The first-order valence-electron chi connectivity index (χ1n) is 11.0. The van der Waals surface area contributed by atoms with Crippen LogP contribution in [0.2, 0.25) is 5.02 Å². The minimum atomic E-state index is 0.0132. The van der Waals surface area contributed by atoms with Crippen LogP contribution in [0.15, 0.2) is 47.6 Å². The van der Waals surface area contributed by atoms with Crippen LogP contribution < -0.4 is 5.32 Å². The van der Waals surface area contributed by atoms with Crippen molar-refractivity contribution in [2.45, 2.75) is 43.5 Å². The third-order valence-corrected chi connectivity index (χ3v) is 7.10. The molecule has 3 heterocycles. The lowest BCUT2D eigenvalue weighted by molar-refractivity contribution is -0.116. The number of Topliss-reactive ketones (excluding diaryl/α,β-unsaturated/α-hetero) is 1. The number of ketones is 1. The van der Waals surface area contributed by atoms with Crippen LogP contribution in [0.5, 0.6) is 0 Å². The Morgan fingerprint density at radius 1 is 1.18 bits per heavy atom. The molecular formula is C24H23ClN4O3S. The van der Waals surface area contributed by atoms with Crippen molar-refractivity contribution in [3.05, 3.63) is 58.6 Å². The zero-order chi connectivity index (χ0) is 22.8. The Bertz CT molecular complexity index is 1190. The summed E-state index contributed by atoms with van der Waals surface area (Å²) in [5.41, 5.74) is 3.34. The van der Waals surface area contributed by atoms with Crippen LogP contribution >= 0.6 is 23.4 Å². The second kappa shape index (κ2) is 9.67. The number of rotatable bonds is 7. The monoisotopic (exact) mass is 482 g/mol. The largest absolute Gasteiger partial charge is 0.376 e. The highest BCUT2D eigenvalue weighted by molar-refractivity contribution is 7.99. The van der Waals surface area contributed by atoms with E-state index in [1.807, 2.05) is 41.0 Å². The number of hydrogen-bond acceptors (Lipinski definition) is 6. The number of hydrogen-bond donors (Lipinski definition) is 1. The predicted molar refractivity (Wildman–Crippen MR) is 128 cm³/mol. The Kier molecular flexibility index (Phi) is 6.48. The molecule has 2 aromatic carbocycles. The lowest BCUT2D eigenvalue weighted by atomic mass is 9.99. The topological polar surface area (TPSA) is 86.1 Å². The highest BCUT2D eigenvalue weighted by Gasteiger charge is 2.23. The molecule has 9 heteroatoms. The molecular weight excluding hydrogens is 460 g/mol. The van der Waals surface area contributed by atoms with Gasteiger partial charge in [0, 0.05) is 34.9 Å². The van der Waals surface area contributed by atoms with Crippen LogP contribution in [0.1, 0.15) is 35.2 Å². The first-order valence-corrected chi connectivity index (χ1v) is 12.3. The molecule has 33 heavy (non-hydrogen) atoms. The smallest absolute Gasteiger partial charge is 0.224 e. The molecule has 1 N–H and O–H groups in total. The minimum Gasteiger partial charge on any atom is -0.376 e. The van der Waals surface area contributed by atoms with Gasteiger partial charge in [0.2, 0.25) is 5.91 Å². The number of nitrogens with one attached hydrogen (secondary N) is 1. The van der Waals surface area contributed by atoms with Gasteiger partial charge in [-0.25, -0.2) is 0 Å². The van der Waals surface area contributed by atoms with Crippen molar-refractivity contribution in [1.82, 2.24) is 14.8 Å². The third-order valence-electron chi connectivity index (χ3n) is 5.88. The highest BCUT2D eigenvalue weighted by Crippen LogP contribution is 2.29. The maximum atomic E-state index is 12.9. The Balaban J connectivity index is 1.35. The van der Waals surface area contributed by atoms with Crippen molar-refractivity contribution in [3.63, 3.8) is 0 Å². The lowest BCUT2D eigenvalue weighted by Crippen LogP contribution is -2.19. The number of carbonyl (C=O) groups is 2. The second-order valence-corrected chi connectivity index (χ2v) is 9.57. The van der Waals surface area contributed by atoms with Gasteiger partial charge in [-0.05, 0) is 67.3 Å². The van der Waals surface area contributed by atoms with Crippen molar-refractivity contribution >= 4 is 40.7 Å². The molecule has 0 saturated carbocycles. The van der Waals surface area contributed by atoms with Crippen LogP contribution in [0.3, 0.4) is 0 Å². The maximum absolute atomic E-state index is 12.9. The summed E-state index contributed by atoms with van der Waals surface area (Å²) in [6.45, 7) is 1.41. The Hall–Kier alpha value is -2.68. The van der Waals surface area contributed by atoms with Gasteiger partial charge in [0.25, 0.3) is 0 Å². The molecule has 1 saturated heterocycles. The molecule has 1 amide bonds. The average Bonchev–Trinajstić information content (AvgIpc) is 3.48. The first kappa shape index (κ1) is 22.1. The first-order chi connectivity index (χ1) is 16.1. The summed E-state index contributed by atoms with van der Waals surface area (Å²) in [7, 11) is 0. The number of amides is 1. The fraction of sp³-hybridized carbons (Fsp3) is 0.333. The number of benzene rings is 2. The third kappa shape index (κ3) is 4.98. The number of ether oxygens (including phenoxy) is 1. The van der Waals surface area contributed by atoms with E-state index in [-0.39, 0.29) is 23.5 Å². The molecule has 2 aliphatic heterocycles. The summed E-state index contributed by atoms with van der Waals surface area (Å²) in [5.74, 6) is 1.01. The number of halogens is 1. The molecule has 2 aliphatic rings. The van der Waals surface area contributed by atoms with Gasteiger partial charge in [-0.1, -0.05) is 23.4 Å². The Morgan fingerprint density at radius 3 is 2.82 bits per heavy atom. The number of aromatic nitrogens is 3. The maximum Gasteiger partial charge on any atom is 0.224 e. The zero-order valence-corrected chi connectivity index (χ0v) is 19.5. The van der Waals surface area contributed by atoms with Crippen LogP contribution in [-0.4, -0.2) is 44.9 Å². The lowest BCUT2D eigenvalue weighted by Gasteiger charge is -2.17. The van der Waals surface area contributed by atoms with Crippen LogP contribution in [0, 0.1) is 0 Å². The molecule has 0 radical (unpaired) electrons. The van der Waals surface area contributed by atoms with E-state index in [4.69, 9.17) is 16.3 Å². The highest BCUT2D eigenvalue weighted by atomic mass is 35.5. The van der Waals surface area contributed by atoms with E-state index < -0.39 is 0 Å². The quantitative estimate of drug-likeness (QED) is 0.390. The van der Waals surface area contributed by atoms with Crippen LogP contribution in [0.25, 0.3) is 11.4 Å². The molecule has 1 unspecified atom stereocenters. The second-order valence-electron chi connectivity index (χ2n) is 8.19.